The second kappa shape index (κ2) is 12.3. The molecule has 0 fully saturated rings. The van der Waals surface area contributed by atoms with E-state index >= 15 is 0 Å². The Balaban J connectivity index is 3.73. The quantitative estimate of drug-likeness (QED) is 0.324. The van der Waals surface area contributed by atoms with Crippen LogP contribution in [0.15, 0.2) is 4.99 Å². The van der Waals surface area contributed by atoms with Crippen LogP contribution in [0.2, 0.25) is 6.04 Å². The highest BCUT2D eigenvalue weighted by Crippen LogP contribution is 2.04. The maximum atomic E-state index is 5.79. The molecule has 102 valence electrons. The van der Waals surface area contributed by atoms with Crippen molar-refractivity contribution in [2.24, 2.45) is 4.99 Å². The van der Waals surface area contributed by atoms with Gasteiger partial charge in [0.05, 0.1) is 0 Å². The zero-order chi connectivity index (χ0) is 12.9. The van der Waals surface area contributed by atoms with Crippen LogP contribution in [0.4, 0.5) is 0 Å². The van der Waals surface area contributed by atoms with Gasteiger partial charge in [-0.1, -0.05) is 20.8 Å². The maximum Gasteiger partial charge on any atom is 0.321 e. The molecule has 0 heterocycles. The van der Waals surface area contributed by atoms with Gasteiger partial charge in [-0.2, -0.15) is 0 Å². The van der Waals surface area contributed by atoms with Crippen molar-refractivity contribution in [2.45, 2.75) is 59.4 Å². The van der Waals surface area contributed by atoms with Crippen LogP contribution in [-0.4, -0.2) is 34.8 Å². The third kappa shape index (κ3) is 10.7. The van der Waals surface area contributed by atoms with Crippen molar-refractivity contribution in [1.29, 1.82) is 0 Å². The van der Waals surface area contributed by atoms with Crippen LogP contribution < -0.4 is 0 Å². The summed E-state index contributed by atoms with van der Waals surface area (Å²) in [5, 5.41) is 0. The molecule has 0 aromatic rings. The fourth-order valence-electron chi connectivity index (χ4n) is 1.35. The minimum Gasteiger partial charge on any atom is -0.397 e. The molecular formula is C13H29NO2Si. The van der Waals surface area contributed by atoms with Gasteiger partial charge in [-0.25, -0.2) is 0 Å². The van der Waals surface area contributed by atoms with Crippen molar-refractivity contribution in [1.82, 2.24) is 0 Å². The van der Waals surface area contributed by atoms with E-state index in [4.69, 9.17) is 8.85 Å². The van der Waals surface area contributed by atoms with Crippen molar-refractivity contribution in [3.8, 4) is 0 Å². The molecule has 0 amide bonds. The summed E-state index contributed by atoms with van der Waals surface area (Å²) in [7, 11) is -1.41. The van der Waals surface area contributed by atoms with E-state index in [1.165, 1.54) is 5.71 Å². The van der Waals surface area contributed by atoms with Gasteiger partial charge < -0.3 is 8.85 Å². The third-order valence-electron chi connectivity index (χ3n) is 2.51. The Hall–Kier alpha value is -0.193. The van der Waals surface area contributed by atoms with Gasteiger partial charge >= 0.3 is 9.28 Å². The molecule has 0 rings (SSSR count). The monoisotopic (exact) mass is 259 g/mol. The molecule has 0 N–H and O–H groups in total. The molecule has 0 saturated carbocycles. The molecular weight excluding hydrogens is 230 g/mol. The molecule has 0 aliphatic heterocycles. The predicted molar refractivity (Wildman–Crippen MR) is 77.3 cm³/mol. The number of rotatable bonds is 11. The van der Waals surface area contributed by atoms with E-state index in [1.807, 2.05) is 0 Å². The first-order valence-corrected chi connectivity index (χ1v) is 8.73. The summed E-state index contributed by atoms with van der Waals surface area (Å²) >= 11 is 0. The molecule has 0 aromatic carbocycles. The summed E-state index contributed by atoms with van der Waals surface area (Å²) in [6.45, 7) is 11.1. The first kappa shape index (κ1) is 16.8. The molecule has 0 aliphatic rings. The Labute approximate surface area is 108 Å². The number of nitrogens with zero attached hydrogens (tertiary/aromatic N) is 1. The van der Waals surface area contributed by atoms with Crippen molar-refractivity contribution < 1.29 is 8.85 Å². The molecule has 3 nitrogen and oxygen atoms in total. The van der Waals surface area contributed by atoms with Crippen molar-refractivity contribution >= 4 is 15.0 Å². The zero-order valence-electron chi connectivity index (χ0n) is 12.0. The highest BCUT2D eigenvalue weighted by molar-refractivity contribution is 6.44. The largest absolute Gasteiger partial charge is 0.397 e. The van der Waals surface area contributed by atoms with E-state index in [-0.39, 0.29) is 0 Å². The van der Waals surface area contributed by atoms with Gasteiger partial charge in [-0.3, -0.25) is 4.99 Å². The fraction of sp³-hybridized carbons (Fsp3) is 0.923. The molecule has 0 bridgehead atoms. The van der Waals surface area contributed by atoms with E-state index in [1.54, 1.807) is 0 Å². The van der Waals surface area contributed by atoms with Gasteiger partial charge in [0, 0.05) is 25.5 Å². The Morgan fingerprint density at radius 3 is 2.12 bits per heavy atom. The maximum absolute atomic E-state index is 5.79. The van der Waals surface area contributed by atoms with Crippen LogP contribution in [0.3, 0.4) is 0 Å². The summed E-state index contributed by atoms with van der Waals surface area (Å²) in [5.74, 6) is 0. The topological polar surface area (TPSA) is 30.8 Å². The summed E-state index contributed by atoms with van der Waals surface area (Å²) in [4.78, 5) is 4.50. The molecule has 0 atom stereocenters. The highest BCUT2D eigenvalue weighted by atomic mass is 28.3. The molecule has 0 aromatic heterocycles. The van der Waals surface area contributed by atoms with Crippen molar-refractivity contribution in [3.05, 3.63) is 0 Å². The lowest BCUT2D eigenvalue weighted by atomic mass is 10.3. The molecule has 0 aliphatic carbocycles. The van der Waals surface area contributed by atoms with Gasteiger partial charge in [0.25, 0.3) is 0 Å². The summed E-state index contributed by atoms with van der Waals surface area (Å²) < 4.78 is 11.6. The number of aliphatic imine (C=N–C) groups is 1. The van der Waals surface area contributed by atoms with Crippen LogP contribution in [0, 0.1) is 0 Å². The average molecular weight is 259 g/mol. The summed E-state index contributed by atoms with van der Waals surface area (Å²) in [6, 6.07) is 1.08. The predicted octanol–water partition coefficient (Wildman–Crippen LogP) is 3.32. The van der Waals surface area contributed by atoms with E-state index in [9.17, 15) is 0 Å². The van der Waals surface area contributed by atoms with Gasteiger partial charge in [0.2, 0.25) is 0 Å². The van der Waals surface area contributed by atoms with Gasteiger partial charge in [-0.15, -0.1) is 0 Å². The molecule has 17 heavy (non-hydrogen) atoms. The van der Waals surface area contributed by atoms with E-state index in [0.29, 0.717) is 0 Å². The summed E-state index contributed by atoms with van der Waals surface area (Å²) in [5.41, 5.74) is 1.24. The summed E-state index contributed by atoms with van der Waals surface area (Å²) in [6.07, 6.45) is 4.30. The fourth-order valence-corrected chi connectivity index (χ4v) is 3.30. The lowest BCUT2D eigenvalue weighted by molar-refractivity contribution is 0.196. The highest BCUT2D eigenvalue weighted by Gasteiger charge is 2.11. The Morgan fingerprint density at radius 1 is 1.06 bits per heavy atom. The lowest BCUT2D eigenvalue weighted by Crippen LogP contribution is -2.24. The normalized spacial score (nSPS) is 12.4. The number of hydrogen-bond acceptors (Lipinski definition) is 3. The second-order valence-corrected chi connectivity index (χ2v) is 6.39. The Kier molecular flexibility index (Phi) is 12.1. The SMILES string of the molecule is CCCO[SiH](CCCN=C(C)CC)OCCC. The van der Waals surface area contributed by atoms with Crippen LogP contribution in [0.1, 0.15) is 53.4 Å². The van der Waals surface area contributed by atoms with Gasteiger partial charge in [-0.05, 0) is 38.7 Å². The Bertz CT molecular complexity index is 190. The number of hydrogen-bond donors (Lipinski definition) is 0. The molecule has 0 spiro atoms. The molecule has 0 saturated heterocycles. The van der Waals surface area contributed by atoms with Crippen molar-refractivity contribution in [2.75, 3.05) is 19.8 Å². The first-order chi connectivity index (χ1) is 8.24. The van der Waals surface area contributed by atoms with Crippen LogP contribution in [0.5, 0.6) is 0 Å². The zero-order valence-corrected chi connectivity index (χ0v) is 13.2. The third-order valence-corrected chi connectivity index (χ3v) is 4.60. The average Bonchev–Trinajstić information content (AvgIpc) is 2.36. The van der Waals surface area contributed by atoms with E-state index in [0.717, 1.165) is 51.5 Å². The molecule has 4 heteroatoms. The van der Waals surface area contributed by atoms with Crippen molar-refractivity contribution in [3.63, 3.8) is 0 Å². The standard InChI is InChI=1S/C13H29NO2Si/c1-5-10-15-17(16-11-6-2)12-8-9-14-13(4)7-3/h17H,5-12H2,1-4H3. The second-order valence-electron chi connectivity index (χ2n) is 4.28. The Morgan fingerprint density at radius 2 is 1.65 bits per heavy atom. The van der Waals surface area contributed by atoms with Gasteiger partial charge in [0.1, 0.15) is 0 Å². The smallest absolute Gasteiger partial charge is 0.321 e. The molecule has 0 unspecified atom stereocenters. The van der Waals surface area contributed by atoms with Gasteiger partial charge in [0.15, 0.2) is 0 Å². The van der Waals surface area contributed by atoms with Crippen LogP contribution in [0.25, 0.3) is 0 Å². The van der Waals surface area contributed by atoms with Crippen LogP contribution in [-0.2, 0) is 8.85 Å². The van der Waals surface area contributed by atoms with E-state index < -0.39 is 9.28 Å². The minimum atomic E-state index is -1.41. The van der Waals surface area contributed by atoms with Crippen LogP contribution >= 0.6 is 0 Å². The van der Waals surface area contributed by atoms with E-state index in [2.05, 4.69) is 32.7 Å². The first-order valence-electron chi connectivity index (χ1n) is 6.97. The lowest BCUT2D eigenvalue weighted by Gasteiger charge is -2.15. The minimum absolute atomic E-state index is 0.845. The molecule has 0 radical (unpaired) electrons.